The Morgan fingerprint density at radius 1 is 1.17 bits per heavy atom. The minimum atomic E-state index is -0.270. The third-order valence-corrected chi connectivity index (χ3v) is 3.19. The van der Waals surface area contributed by atoms with Gasteiger partial charge in [-0.1, -0.05) is 0 Å². The van der Waals surface area contributed by atoms with Gasteiger partial charge in [-0.2, -0.15) is 10.4 Å². The highest BCUT2D eigenvalue weighted by Crippen LogP contribution is 2.13. The van der Waals surface area contributed by atoms with Crippen molar-refractivity contribution in [2.75, 3.05) is 11.9 Å². The summed E-state index contributed by atoms with van der Waals surface area (Å²) in [6.07, 6.45) is 3.05. The third-order valence-electron chi connectivity index (χ3n) is 3.19. The van der Waals surface area contributed by atoms with Crippen LogP contribution in [0.15, 0.2) is 61.2 Å². The van der Waals surface area contributed by atoms with Crippen LogP contribution in [-0.4, -0.2) is 27.3 Å². The van der Waals surface area contributed by atoms with Gasteiger partial charge >= 0.3 is 0 Å². The zero-order valence-electron chi connectivity index (χ0n) is 12.6. The lowest BCUT2D eigenvalue weighted by Crippen LogP contribution is -2.20. The number of benzene rings is 2. The summed E-state index contributed by atoms with van der Waals surface area (Å²) in [5, 5.41) is 15.5. The molecule has 24 heavy (non-hydrogen) atoms. The number of carbonyl (C=O) groups is 1. The van der Waals surface area contributed by atoms with Crippen molar-refractivity contribution in [2.24, 2.45) is 0 Å². The Morgan fingerprint density at radius 3 is 2.54 bits per heavy atom. The van der Waals surface area contributed by atoms with Gasteiger partial charge in [-0.05, 0) is 48.5 Å². The van der Waals surface area contributed by atoms with Gasteiger partial charge in [0.2, 0.25) is 0 Å². The first-order valence-electron chi connectivity index (χ1n) is 7.12. The predicted molar refractivity (Wildman–Crippen MR) is 86.6 cm³/mol. The number of amides is 1. The van der Waals surface area contributed by atoms with Crippen LogP contribution in [0.2, 0.25) is 0 Å². The van der Waals surface area contributed by atoms with Crippen LogP contribution in [0.5, 0.6) is 5.75 Å². The number of hydrogen-bond donors (Lipinski definition) is 1. The summed E-state index contributed by atoms with van der Waals surface area (Å²) in [7, 11) is 0. The van der Waals surface area contributed by atoms with Crippen LogP contribution in [0, 0.1) is 11.3 Å². The third kappa shape index (κ3) is 3.75. The van der Waals surface area contributed by atoms with E-state index in [-0.39, 0.29) is 12.5 Å². The number of hydrogen-bond acceptors (Lipinski definition) is 5. The zero-order chi connectivity index (χ0) is 16.8. The van der Waals surface area contributed by atoms with Crippen molar-refractivity contribution in [2.45, 2.75) is 0 Å². The maximum atomic E-state index is 11.9. The first-order chi connectivity index (χ1) is 11.7. The van der Waals surface area contributed by atoms with Gasteiger partial charge in [-0.25, -0.2) is 9.67 Å². The predicted octanol–water partition coefficient (Wildman–Crippen LogP) is 2.16. The van der Waals surface area contributed by atoms with Crippen molar-refractivity contribution in [3.8, 4) is 17.5 Å². The fraction of sp³-hybridized carbons (Fsp3) is 0.0588. The van der Waals surface area contributed by atoms with E-state index in [1.807, 2.05) is 18.2 Å². The van der Waals surface area contributed by atoms with Crippen molar-refractivity contribution >= 4 is 11.6 Å². The summed E-state index contributed by atoms with van der Waals surface area (Å²) in [6.45, 7) is -0.114. The van der Waals surface area contributed by atoms with Crippen molar-refractivity contribution in [3.63, 3.8) is 0 Å². The van der Waals surface area contributed by atoms with Crippen LogP contribution in [0.25, 0.3) is 5.69 Å². The molecule has 2 aromatic carbocycles. The van der Waals surface area contributed by atoms with Gasteiger partial charge < -0.3 is 10.1 Å². The molecule has 0 radical (unpaired) electrons. The molecule has 1 amide bonds. The molecule has 0 aliphatic heterocycles. The minimum Gasteiger partial charge on any atom is -0.484 e. The van der Waals surface area contributed by atoms with Gasteiger partial charge in [0.1, 0.15) is 18.4 Å². The maximum Gasteiger partial charge on any atom is 0.262 e. The second-order valence-corrected chi connectivity index (χ2v) is 4.86. The van der Waals surface area contributed by atoms with Crippen LogP contribution in [0.4, 0.5) is 5.69 Å². The fourth-order valence-corrected chi connectivity index (χ4v) is 2.01. The molecule has 0 aliphatic carbocycles. The van der Waals surface area contributed by atoms with Crippen LogP contribution in [0.3, 0.4) is 0 Å². The number of nitrogens with one attached hydrogen (secondary N) is 1. The van der Waals surface area contributed by atoms with E-state index >= 15 is 0 Å². The summed E-state index contributed by atoms with van der Waals surface area (Å²) in [5.74, 6) is 0.263. The van der Waals surface area contributed by atoms with E-state index in [0.29, 0.717) is 17.0 Å². The Hall–Kier alpha value is -3.66. The topological polar surface area (TPSA) is 92.8 Å². The molecule has 1 heterocycles. The number of ether oxygens (including phenoxy) is 1. The molecule has 0 saturated carbocycles. The average molecular weight is 319 g/mol. The number of rotatable bonds is 5. The van der Waals surface area contributed by atoms with Crippen molar-refractivity contribution in [3.05, 3.63) is 66.7 Å². The molecule has 0 bridgehead atoms. The van der Waals surface area contributed by atoms with E-state index in [0.717, 1.165) is 5.69 Å². The molecular weight excluding hydrogens is 306 g/mol. The molecule has 1 aromatic heterocycles. The Bertz CT molecular complexity index is 850. The van der Waals surface area contributed by atoms with Crippen molar-refractivity contribution < 1.29 is 9.53 Å². The molecule has 3 rings (SSSR count). The number of nitrogens with zero attached hydrogens (tertiary/aromatic N) is 4. The lowest BCUT2D eigenvalue weighted by atomic mass is 10.2. The van der Waals surface area contributed by atoms with E-state index in [4.69, 9.17) is 10.00 Å². The highest BCUT2D eigenvalue weighted by atomic mass is 16.5. The molecule has 0 saturated heterocycles. The molecule has 0 spiro atoms. The Balaban J connectivity index is 1.53. The molecular formula is C17H13N5O2. The number of nitriles is 1. The zero-order valence-corrected chi connectivity index (χ0v) is 12.6. The molecule has 0 aliphatic rings. The molecule has 0 atom stereocenters. The second-order valence-electron chi connectivity index (χ2n) is 4.86. The smallest absolute Gasteiger partial charge is 0.262 e. The van der Waals surface area contributed by atoms with Gasteiger partial charge in [0.15, 0.2) is 6.61 Å². The average Bonchev–Trinajstić information content (AvgIpc) is 3.16. The Labute approximate surface area is 138 Å². The maximum absolute atomic E-state index is 11.9. The number of anilines is 1. The monoisotopic (exact) mass is 319 g/mol. The largest absolute Gasteiger partial charge is 0.484 e. The van der Waals surface area contributed by atoms with Crippen LogP contribution in [-0.2, 0) is 4.79 Å². The highest BCUT2D eigenvalue weighted by molar-refractivity contribution is 5.91. The first kappa shape index (κ1) is 15.2. The van der Waals surface area contributed by atoms with Gasteiger partial charge in [0.05, 0.1) is 17.3 Å². The molecule has 7 nitrogen and oxygen atoms in total. The van der Waals surface area contributed by atoms with Crippen molar-refractivity contribution in [1.29, 1.82) is 5.26 Å². The molecule has 1 N–H and O–H groups in total. The van der Waals surface area contributed by atoms with Gasteiger partial charge in [0, 0.05) is 5.69 Å². The van der Waals surface area contributed by atoms with Gasteiger partial charge in [0.25, 0.3) is 5.91 Å². The standard InChI is InChI=1S/C17H13N5O2/c18-9-13-1-7-16(8-2-13)24-10-17(23)21-14-3-5-15(6-4-14)22-12-19-11-20-22/h1-8,11-12H,10H2,(H,21,23). The summed E-state index contributed by atoms with van der Waals surface area (Å²) < 4.78 is 7.00. The highest BCUT2D eigenvalue weighted by Gasteiger charge is 2.05. The van der Waals surface area contributed by atoms with Crippen molar-refractivity contribution in [1.82, 2.24) is 14.8 Å². The van der Waals surface area contributed by atoms with E-state index in [9.17, 15) is 4.79 Å². The van der Waals surface area contributed by atoms with Gasteiger partial charge in [-0.15, -0.1) is 0 Å². The number of carbonyl (C=O) groups excluding carboxylic acids is 1. The SMILES string of the molecule is N#Cc1ccc(OCC(=O)Nc2ccc(-n3cncn3)cc2)cc1. The molecule has 118 valence electrons. The van der Waals surface area contributed by atoms with E-state index in [1.165, 1.54) is 6.33 Å². The minimum absolute atomic E-state index is 0.114. The summed E-state index contributed by atoms with van der Waals surface area (Å²) in [4.78, 5) is 15.8. The molecule has 7 heteroatoms. The second kappa shape index (κ2) is 7.07. The number of aromatic nitrogens is 3. The summed E-state index contributed by atoms with van der Waals surface area (Å²) in [5.41, 5.74) is 2.05. The lowest BCUT2D eigenvalue weighted by Gasteiger charge is -2.08. The van der Waals surface area contributed by atoms with E-state index < -0.39 is 0 Å². The quantitative estimate of drug-likeness (QED) is 0.778. The molecule has 3 aromatic rings. The Morgan fingerprint density at radius 2 is 1.92 bits per heavy atom. The molecule has 0 unspecified atom stereocenters. The van der Waals surface area contributed by atoms with E-state index in [1.54, 1.807) is 47.4 Å². The summed E-state index contributed by atoms with van der Waals surface area (Å²) >= 11 is 0. The fourth-order valence-electron chi connectivity index (χ4n) is 2.01. The van der Waals surface area contributed by atoms with Crippen LogP contribution < -0.4 is 10.1 Å². The normalized spacial score (nSPS) is 9.96. The van der Waals surface area contributed by atoms with Crippen LogP contribution >= 0.6 is 0 Å². The van der Waals surface area contributed by atoms with E-state index in [2.05, 4.69) is 15.4 Å². The lowest BCUT2D eigenvalue weighted by molar-refractivity contribution is -0.118. The van der Waals surface area contributed by atoms with Gasteiger partial charge in [-0.3, -0.25) is 4.79 Å². The van der Waals surface area contributed by atoms with Crippen LogP contribution in [0.1, 0.15) is 5.56 Å². The summed E-state index contributed by atoms with van der Waals surface area (Å²) in [6, 6.07) is 15.8. The Kier molecular flexibility index (Phi) is 4.49. The molecule has 0 fully saturated rings. The first-order valence-corrected chi connectivity index (χ1v) is 7.12.